The van der Waals surface area contributed by atoms with E-state index in [1.165, 1.54) is 41.2 Å². The van der Waals surface area contributed by atoms with E-state index in [9.17, 15) is 72.3 Å². The average molecular weight is 1190 g/mol. The fourth-order valence-corrected chi connectivity index (χ4v) is 12.9. The Morgan fingerprint density at radius 2 is 1.51 bits per heavy atom. The third-order valence-corrected chi connectivity index (χ3v) is 17.2. The molecular weight excluding hydrogens is 1140 g/mol. The summed E-state index contributed by atoms with van der Waals surface area (Å²) in [5, 5.41) is 35.3. The lowest BCUT2D eigenvalue weighted by molar-refractivity contribution is -0.745. The number of carbonyl (C=O) groups excluding carboxylic acids is 1. The summed E-state index contributed by atoms with van der Waals surface area (Å²) >= 11 is 0. The normalized spacial score (nSPS) is 29.5. The van der Waals surface area contributed by atoms with Crippen molar-refractivity contribution in [1.82, 2.24) is 53.8 Å². The molecule has 5 aromatic heterocycles. The zero-order valence-corrected chi connectivity index (χ0v) is 44.1. The van der Waals surface area contributed by atoms with Crippen molar-refractivity contribution in [3.63, 3.8) is 0 Å². The number of amides is 2. The summed E-state index contributed by atoms with van der Waals surface area (Å²) in [5.74, 6) is -1.61. The molecule has 430 valence electrons. The number of nitrogens with zero attached hydrogens (tertiary/aromatic N) is 9. The smallest absolute Gasteiger partial charge is 0.490 e. The first-order valence-electron chi connectivity index (χ1n) is 22.3. The zero-order chi connectivity index (χ0) is 57.0. The molecule has 3 saturated heterocycles. The third kappa shape index (κ3) is 12.7. The number of hydrogen-bond acceptors (Lipinski definition) is 28. The van der Waals surface area contributed by atoms with Gasteiger partial charge in [-0.15, -0.1) is 0 Å². The van der Waals surface area contributed by atoms with Crippen LogP contribution < -0.4 is 43.1 Å². The van der Waals surface area contributed by atoms with Crippen LogP contribution in [0.1, 0.15) is 18.7 Å². The number of nitrogens with two attached hydrogens (primary N) is 2. The van der Waals surface area contributed by atoms with Gasteiger partial charge in [0.1, 0.15) is 54.6 Å². The van der Waals surface area contributed by atoms with Crippen LogP contribution in [0.5, 0.6) is 0 Å². The number of aromatic nitrogens is 10. The lowest BCUT2D eigenvalue weighted by atomic mass is 9.98. The topological polar surface area (TPSA) is 542 Å². The summed E-state index contributed by atoms with van der Waals surface area (Å²) in [6, 6.07) is 0.269. The third-order valence-electron chi connectivity index (χ3n) is 12.0. The number of nitrogens with one attached hydrogen (secondary N) is 3. The van der Waals surface area contributed by atoms with Crippen molar-refractivity contribution in [3.05, 3.63) is 62.4 Å². The minimum absolute atomic E-state index is 0.0115. The molecule has 8 heterocycles. The number of nitrogen functional groups attached to an aromatic ring is 2. The molecule has 5 aromatic rings. The Bertz CT molecular complexity index is 3430. The van der Waals surface area contributed by atoms with Gasteiger partial charge in [0.25, 0.3) is 24.9 Å². The number of carbonyl (C=O) groups is 1. The van der Waals surface area contributed by atoms with Gasteiger partial charge in [-0.25, -0.2) is 42.8 Å². The maximum atomic E-state index is 13.5. The molecule has 3 fully saturated rings. The van der Waals surface area contributed by atoms with Crippen molar-refractivity contribution in [3.8, 4) is 0 Å². The molecule has 0 radical (unpaired) electrons. The molecule has 13 N–H and O–H groups in total. The summed E-state index contributed by atoms with van der Waals surface area (Å²) in [6.07, 6.45) is -14.2. The summed E-state index contributed by atoms with van der Waals surface area (Å²) in [6.45, 7) is -3.83. The number of hydrogen-bond donors (Lipinski definition) is 11. The van der Waals surface area contributed by atoms with Crippen LogP contribution >= 0.6 is 31.3 Å². The average Bonchev–Trinajstić information content (AvgIpc) is 4.17. The molecule has 3 aliphatic heterocycles. The Morgan fingerprint density at radius 3 is 2.17 bits per heavy atom. The van der Waals surface area contributed by atoms with E-state index < -0.39 is 147 Å². The maximum absolute atomic E-state index is 13.5. The van der Waals surface area contributed by atoms with Crippen molar-refractivity contribution < 1.29 is 108 Å². The molecule has 0 saturated carbocycles. The standard InChI is InChI=1S/C35H50N14O25P4/c1-45(2)34(55)38-7-14-15(69-30(21(14)51)49-13-46(3)20-28(49)43-33(37)44-29(20)54)8-67-76(59,60)73-78(63,64)74-77(61,62)68-10-17-24(25(65-4)32(71-17)48-12-41-19-26(36)39-11-40-27(19)48)72-75(57,58)66-9-16-22(52)23(53)31(70-16)47-6-5-18(50)42-35(47)56/h5-6,11-17,21-25,30-32,51-53H,7-10H2,1-4H3,(H10-,36,37,38,39,40,42,43,44,50,54,55,56,57,58,59,60,61,62,63,64)/t14-,15-,16-,17?,21-,22-,23-,24-,25-,30-,31-,32-/m1/s1. The highest BCUT2D eigenvalue weighted by atomic mass is 31.3. The van der Waals surface area contributed by atoms with E-state index >= 15 is 0 Å². The van der Waals surface area contributed by atoms with Crippen molar-refractivity contribution in [2.45, 2.75) is 67.5 Å². The molecule has 0 aromatic carbocycles. The monoisotopic (exact) mass is 1190 g/mol. The van der Waals surface area contributed by atoms with Crippen molar-refractivity contribution in [2.24, 2.45) is 13.0 Å². The highest BCUT2D eigenvalue weighted by Crippen LogP contribution is 2.68. The lowest BCUT2D eigenvalue weighted by Gasteiger charge is -2.31. The molecule has 2 amide bonds. The van der Waals surface area contributed by atoms with E-state index in [0.29, 0.717) is 4.57 Å². The van der Waals surface area contributed by atoms with Crippen LogP contribution in [0, 0.1) is 5.92 Å². The maximum Gasteiger partial charge on any atom is 0.490 e. The SMILES string of the molecule is CO[C@@H]1[C@H](OP(=O)([O-])OC[C@H]2O[C@@H](n3ccc(=O)[nH]c3=O)[C@H](O)[C@@H]2O)C(COP(=O)(O)OP(=O)(O)OP(=O)(O)OC[C@H]2O[C@@H]([n+]3cn(C)c4c(=O)[nH]c(N)nc43)[C@H](O)[C@@H]2CNC(=O)N(C)C)O[C@H]1n1cnc2c(N)ncnc21. The van der Waals surface area contributed by atoms with E-state index in [4.69, 9.17) is 48.5 Å². The van der Waals surface area contributed by atoms with Crippen molar-refractivity contribution in [2.75, 3.05) is 59.0 Å². The summed E-state index contributed by atoms with van der Waals surface area (Å²) in [7, 11) is -18.5. The van der Waals surface area contributed by atoms with Crippen LogP contribution in [0.3, 0.4) is 0 Å². The lowest BCUT2D eigenvalue weighted by Crippen LogP contribution is -2.47. The second kappa shape index (κ2) is 22.7. The summed E-state index contributed by atoms with van der Waals surface area (Å²) < 4.78 is 109. The number of H-pyrrole nitrogens is 2. The van der Waals surface area contributed by atoms with Crippen LogP contribution in [0.25, 0.3) is 22.3 Å². The quantitative estimate of drug-likeness (QED) is 0.0242. The first kappa shape index (κ1) is 58.8. The van der Waals surface area contributed by atoms with Crippen LogP contribution in [-0.4, -0.2) is 181 Å². The number of phosphoric ester groups is 3. The predicted molar refractivity (Wildman–Crippen MR) is 250 cm³/mol. The number of methoxy groups -OCH3 is 1. The number of ether oxygens (including phenoxy) is 4. The van der Waals surface area contributed by atoms with Gasteiger partial charge < -0.3 is 84.6 Å². The Labute approximate surface area is 434 Å². The molecule has 5 unspecified atom stereocenters. The number of aryl methyl sites for hydroxylation is 1. The van der Waals surface area contributed by atoms with Crippen LogP contribution in [0.4, 0.5) is 16.6 Å². The molecular formula is C35H50N14O25P4. The number of rotatable bonds is 21. The Morgan fingerprint density at radius 1 is 0.859 bits per heavy atom. The van der Waals surface area contributed by atoms with E-state index in [2.05, 4.69) is 38.9 Å². The van der Waals surface area contributed by atoms with Crippen LogP contribution in [-0.2, 0) is 71.0 Å². The molecule has 43 heteroatoms. The summed E-state index contributed by atoms with van der Waals surface area (Å²) in [5.41, 5.74) is 9.09. The number of aliphatic hydroxyl groups excluding tert-OH is 3. The number of urea groups is 1. The number of anilines is 2. The first-order chi connectivity index (χ1) is 36.5. The first-order valence-corrected chi connectivity index (χ1v) is 28.3. The minimum atomic E-state index is -6.25. The van der Waals surface area contributed by atoms with Gasteiger partial charge in [-0.3, -0.25) is 46.9 Å². The highest BCUT2D eigenvalue weighted by Gasteiger charge is 2.53. The number of aliphatic hydroxyl groups is 3. The van der Waals surface area contributed by atoms with Crippen LogP contribution in [0.2, 0.25) is 0 Å². The fourth-order valence-electron chi connectivity index (χ4n) is 8.48. The zero-order valence-electron chi connectivity index (χ0n) is 40.6. The van der Waals surface area contributed by atoms with Crippen LogP contribution in [0.15, 0.2) is 45.6 Å². The largest absolute Gasteiger partial charge is 0.756 e. The van der Waals surface area contributed by atoms with E-state index in [-0.39, 0.29) is 40.6 Å². The molecule has 78 heavy (non-hydrogen) atoms. The molecule has 0 aliphatic carbocycles. The molecule has 3 aliphatic rings. The van der Waals surface area contributed by atoms with Crippen molar-refractivity contribution in [1.29, 1.82) is 0 Å². The Hall–Kier alpha value is -5.31. The molecule has 16 atom stereocenters. The fraction of sp³-hybridized carbons (Fsp3) is 0.571. The molecule has 39 nitrogen and oxygen atoms in total. The van der Waals surface area contributed by atoms with E-state index in [1.807, 2.05) is 4.98 Å². The van der Waals surface area contributed by atoms with Gasteiger partial charge in [0, 0.05) is 45.9 Å². The predicted octanol–water partition coefficient (Wildman–Crippen LogP) is -4.98. The molecule has 8 rings (SSSR count). The second-order valence-corrected chi connectivity index (χ2v) is 23.4. The minimum Gasteiger partial charge on any atom is -0.756 e. The van der Waals surface area contributed by atoms with Gasteiger partial charge in [-0.1, -0.05) is 4.98 Å². The van der Waals surface area contributed by atoms with E-state index in [1.54, 1.807) is 0 Å². The second-order valence-electron chi connectivity index (χ2n) is 17.4. The number of aromatic amines is 2. The Kier molecular flexibility index (Phi) is 17.1. The van der Waals surface area contributed by atoms with Gasteiger partial charge in [0.15, 0.2) is 30.2 Å². The van der Waals surface area contributed by atoms with Gasteiger partial charge >= 0.3 is 40.8 Å². The van der Waals surface area contributed by atoms with E-state index in [0.717, 1.165) is 36.9 Å². The van der Waals surface area contributed by atoms with Crippen molar-refractivity contribution >= 4 is 71.4 Å². The number of imidazole rings is 2. The van der Waals surface area contributed by atoms with Gasteiger partial charge in [-0.05, 0) is 0 Å². The number of phosphoric acid groups is 4. The van der Waals surface area contributed by atoms with Gasteiger partial charge in [-0.2, -0.15) is 8.62 Å². The highest BCUT2D eigenvalue weighted by molar-refractivity contribution is 7.66. The van der Waals surface area contributed by atoms with Gasteiger partial charge in [0.05, 0.1) is 39.3 Å². The Balaban J connectivity index is 0.950. The van der Waals surface area contributed by atoms with Gasteiger partial charge in [0.2, 0.25) is 11.7 Å². The number of fused-ring (bicyclic) bond motifs is 2. The molecule has 0 spiro atoms. The molecule has 0 bridgehead atoms. The summed E-state index contributed by atoms with van der Waals surface area (Å²) in [4.78, 5) is 116.